The van der Waals surface area contributed by atoms with Crippen LogP contribution in [-0.2, 0) is 10.2 Å². The number of rotatable bonds is 6. The summed E-state index contributed by atoms with van der Waals surface area (Å²) in [4.78, 5) is 0. The summed E-state index contributed by atoms with van der Waals surface area (Å²) in [6, 6.07) is 8.18. The zero-order valence-electron chi connectivity index (χ0n) is 10.6. The van der Waals surface area contributed by atoms with Crippen LogP contribution in [0.5, 0.6) is 0 Å². The third-order valence-corrected chi connectivity index (χ3v) is 3.56. The van der Waals surface area contributed by atoms with Gasteiger partial charge in [-0.1, -0.05) is 24.3 Å². The Morgan fingerprint density at radius 3 is 2.71 bits per heavy atom. The van der Waals surface area contributed by atoms with Crippen LogP contribution in [0.3, 0.4) is 0 Å². The molecule has 0 heterocycles. The second-order valence-electron chi connectivity index (χ2n) is 4.87. The van der Waals surface area contributed by atoms with E-state index in [0.717, 1.165) is 25.0 Å². The molecule has 1 fully saturated rings. The smallest absolute Gasteiger partial charge is 0.0917 e. The van der Waals surface area contributed by atoms with Crippen LogP contribution in [0.2, 0.25) is 0 Å². The number of aliphatic hydroxyl groups excluding tert-OH is 1. The number of aliphatic hydroxyl groups is 1. The minimum atomic E-state index is -0.439. The van der Waals surface area contributed by atoms with Crippen LogP contribution in [0.1, 0.15) is 30.1 Å². The lowest BCUT2D eigenvalue weighted by molar-refractivity contribution is 0.161. The highest BCUT2D eigenvalue weighted by molar-refractivity contribution is 5.40. The molecule has 2 N–H and O–H groups in total. The van der Waals surface area contributed by atoms with Crippen LogP contribution in [0.15, 0.2) is 24.3 Å². The van der Waals surface area contributed by atoms with Crippen molar-refractivity contribution in [3.8, 4) is 0 Å². The summed E-state index contributed by atoms with van der Waals surface area (Å²) in [7, 11) is 3.60. The first-order valence-corrected chi connectivity index (χ1v) is 6.14. The van der Waals surface area contributed by atoms with Gasteiger partial charge in [0.25, 0.3) is 0 Å². The van der Waals surface area contributed by atoms with Gasteiger partial charge in [-0.15, -0.1) is 0 Å². The Labute approximate surface area is 103 Å². The van der Waals surface area contributed by atoms with E-state index in [-0.39, 0.29) is 5.41 Å². The molecule has 17 heavy (non-hydrogen) atoms. The molecule has 1 aromatic rings. The quantitative estimate of drug-likeness (QED) is 0.787. The maximum Gasteiger partial charge on any atom is 0.0917 e. The fourth-order valence-corrected chi connectivity index (χ4v) is 2.49. The van der Waals surface area contributed by atoms with Crippen molar-refractivity contribution in [2.24, 2.45) is 0 Å². The Balaban J connectivity index is 2.28. The molecule has 3 nitrogen and oxygen atoms in total. The first-order valence-electron chi connectivity index (χ1n) is 6.14. The van der Waals surface area contributed by atoms with Gasteiger partial charge in [-0.3, -0.25) is 0 Å². The van der Waals surface area contributed by atoms with Gasteiger partial charge in [0.15, 0.2) is 0 Å². The Bertz CT molecular complexity index is 374. The average Bonchev–Trinajstić information content (AvgIpc) is 3.11. The SMILES string of the molecule is CNCC(O)c1ccccc1C1(COC)CC1. The number of hydrogen-bond acceptors (Lipinski definition) is 3. The molecule has 0 saturated heterocycles. The second kappa shape index (κ2) is 5.17. The molecule has 1 atom stereocenters. The van der Waals surface area contributed by atoms with E-state index in [1.165, 1.54) is 5.56 Å². The van der Waals surface area contributed by atoms with Gasteiger partial charge in [0.1, 0.15) is 0 Å². The summed E-state index contributed by atoms with van der Waals surface area (Å²) in [6.45, 7) is 1.33. The van der Waals surface area contributed by atoms with E-state index in [2.05, 4.69) is 11.4 Å². The molecule has 1 aliphatic rings. The van der Waals surface area contributed by atoms with Gasteiger partial charge < -0.3 is 15.2 Å². The zero-order valence-corrected chi connectivity index (χ0v) is 10.6. The third kappa shape index (κ3) is 2.51. The van der Waals surface area contributed by atoms with Crippen molar-refractivity contribution >= 4 is 0 Å². The van der Waals surface area contributed by atoms with Crippen LogP contribution in [0.25, 0.3) is 0 Å². The minimum absolute atomic E-state index is 0.153. The van der Waals surface area contributed by atoms with E-state index >= 15 is 0 Å². The van der Waals surface area contributed by atoms with E-state index in [9.17, 15) is 5.11 Å². The number of benzene rings is 1. The molecule has 0 aromatic heterocycles. The molecule has 0 amide bonds. The number of ether oxygens (including phenoxy) is 1. The number of methoxy groups -OCH3 is 1. The summed E-state index contributed by atoms with van der Waals surface area (Å²) in [5.41, 5.74) is 2.45. The Kier molecular flexibility index (Phi) is 3.82. The van der Waals surface area contributed by atoms with Crippen molar-refractivity contribution in [1.82, 2.24) is 5.32 Å². The number of hydrogen-bond donors (Lipinski definition) is 2. The van der Waals surface area contributed by atoms with Crippen molar-refractivity contribution in [3.63, 3.8) is 0 Å². The van der Waals surface area contributed by atoms with Crippen LogP contribution in [0, 0.1) is 0 Å². The van der Waals surface area contributed by atoms with Gasteiger partial charge in [-0.2, -0.15) is 0 Å². The Morgan fingerprint density at radius 1 is 1.41 bits per heavy atom. The molecular weight excluding hydrogens is 214 g/mol. The first kappa shape index (κ1) is 12.6. The largest absolute Gasteiger partial charge is 0.387 e. The van der Waals surface area contributed by atoms with E-state index in [1.807, 2.05) is 25.2 Å². The van der Waals surface area contributed by atoms with Gasteiger partial charge in [-0.25, -0.2) is 0 Å². The fourth-order valence-electron chi connectivity index (χ4n) is 2.49. The Hall–Kier alpha value is -0.900. The van der Waals surface area contributed by atoms with E-state index < -0.39 is 6.10 Å². The highest BCUT2D eigenvalue weighted by Gasteiger charge is 2.45. The molecule has 1 saturated carbocycles. The molecule has 2 rings (SSSR count). The summed E-state index contributed by atoms with van der Waals surface area (Å²) in [5, 5.41) is 13.2. The molecule has 0 spiro atoms. The van der Waals surface area contributed by atoms with E-state index in [1.54, 1.807) is 7.11 Å². The van der Waals surface area contributed by atoms with Gasteiger partial charge >= 0.3 is 0 Å². The van der Waals surface area contributed by atoms with Crippen molar-refractivity contribution < 1.29 is 9.84 Å². The summed E-state index contributed by atoms with van der Waals surface area (Å²) < 4.78 is 5.32. The number of nitrogens with one attached hydrogen (secondary N) is 1. The summed E-state index contributed by atoms with van der Waals surface area (Å²) in [5.74, 6) is 0. The molecule has 94 valence electrons. The van der Waals surface area contributed by atoms with E-state index in [4.69, 9.17) is 4.74 Å². The highest BCUT2D eigenvalue weighted by Crippen LogP contribution is 2.50. The van der Waals surface area contributed by atoms with Crippen molar-refractivity contribution in [2.75, 3.05) is 27.3 Å². The predicted octanol–water partition coefficient (Wildman–Crippen LogP) is 1.62. The van der Waals surface area contributed by atoms with Crippen molar-refractivity contribution in [1.29, 1.82) is 0 Å². The Morgan fingerprint density at radius 2 is 2.12 bits per heavy atom. The van der Waals surface area contributed by atoms with Crippen LogP contribution < -0.4 is 5.32 Å². The zero-order chi connectivity index (χ0) is 12.3. The molecule has 0 radical (unpaired) electrons. The van der Waals surface area contributed by atoms with Crippen LogP contribution in [-0.4, -0.2) is 32.4 Å². The highest BCUT2D eigenvalue weighted by atomic mass is 16.5. The first-order chi connectivity index (χ1) is 8.23. The molecule has 1 aliphatic carbocycles. The van der Waals surface area contributed by atoms with Crippen molar-refractivity contribution in [2.45, 2.75) is 24.4 Å². The van der Waals surface area contributed by atoms with Gasteiger partial charge in [0, 0.05) is 19.1 Å². The van der Waals surface area contributed by atoms with Crippen molar-refractivity contribution in [3.05, 3.63) is 35.4 Å². The molecule has 1 aromatic carbocycles. The summed E-state index contributed by atoms with van der Waals surface area (Å²) in [6.07, 6.45) is 1.87. The van der Waals surface area contributed by atoms with Gasteiger partial charge in [0.2, 0.25) is 0 Å². The summed E-state index contributed by atoms with van der Waals surface area (Å²) >= 11 is 0. The lowest BCUT2D eigenvalue weighted by Gasteiger charge is -2.21. The second-order valence-corrected chi connectivity index (χ2v) is 4.87. The lowest BCUT2D eigenvalue weighted by atomic mass is 9.89. The maximum absolute atomic E-state index is 10.2. The van der Waals surface area contributed by atoms with Gasteiger partial charge in [-0.05, 0) is 31.0 Å². The average molecular weight is 235 g/mol. The maximum atomic E-state index is 10.2. The predicted molar refractivity (Wildman–Crippen MR) is 68.1 cm³/mol. The third-order valence-electron chi connectivity index (χ3n) is 3.56. The molecular formula is C14H21NO2. The topological polar surface area (TPSA) is 41.5 Å². The number of likely N-dealkylation sites (N-methyl/N-ethyl adjacent to an activating group) is 1. The molecule has 0 aliphatic heterocycles. The van der Waals surface area contributed by atoms with Crippen LogP contribution >= 0.6 is 0 Å². The van der Waals surface area contributed by atoms with Crippen LogP contribution in [0.4, 0.5) is 0 Å². The molecule has 0 bridgehead atoms. The normalized spacial score (nSPS) is 19.0. The van der Waals surface area contributed by atoms with E-state index in [0.29, 0.717) is 6.54 Å². The molecule has 1 unspecified atom stereocenters. The lowest BCUT2D eigenvalue weighted by Crippen LogP contribution is -2.22. The van der Waals surface area contributed by atoms with Gasteiger partial charge in [0.05, 0.1) is 12.7 Å². The fraction of sp³-hybridized carbons (Fsp3) is 0.571. The minimum Gasteiger partial charge on any atom is -0.387 e. The standard InChI is InChI=1S/C14H21NO2/c1-15-9-13(16)11-5-3-4-6-12(11)14(7-8-14)10-17-2/h3-6,13,15-16H,7-10H2,1-2H3. The molecule has 3 heteroatoms. The monoisotopic (exact) mass is 235 g/mol.